The van der Waals surface area contributed by atoms with Crippen molar-refractivity contribution in [3.63, 3.8) is 0 Å². The lowest BCUT2D eigenvalue weighted by Crippen LogP contribution is -1.87. The number of nitrogens with zero attached hydrogens (tertiary/aromatic N) is 2. The number of fused-ring (bicyclic) bond motifs is 3. The lowest BCUT2D eigenvalue weighted by atomic mass is 9.93. The van der Waals surface area contributed by atoms with Gasteiger partial charge in [0.05, 0.1) is 11.6 Å². The van der Waals surface area contributed by atoms with Crippen LogP contribution in [-0.4, -0.2) is 4.98 Å². The van der Waals surface area contributed by atoms with Crippen molar-refractivity contribution in [3.8, 4) is 73.2 Å². The second-order valence-corrected chi connectivity index (χ2v) is 13.9. The Morgan fingerprint density at radius 2 is 0.891 bits per heavy atom. The number of nitriles is 1. The normalized spacial score (nSPS) is 11.3. The maximum absolute atomic E-state index is 9.49. The van der Waals surface area contributed by atoms with Crippen LogP contribution in [0.15, 0.2) is 199 Å². The first-order valence-corrected chi connectivity index (χ1v) is 18.4. The Morgan fingerprint density at radius 1 is 0.382 bits per heavy atom. The quantitative estimate of drug-likeness (QED) is 0.173. The smallest absolute Gasteiger partial charge is 0.227 e. The van der Waals surface area contributed by atoms with Crippen LogP contribution in [0, 0.1) is 11.3 Å². The summed E-state index contributed by atoms with van der Waals surface area (Å²) in [5.41, 5.74) is 13.9. The van der Waals surface area contributed by atoms with Crippen molar-refractivity contribution in [1.82, 2.24) is 4.98 Å². The predicted molar refractivity (Wildman–Crippen MR) is 226 cm³/mol. The molecule has 0 fully saturated rings. The van der Waals surface area contributed by atoms with Crippen LogP contribution < -0.4 is 0 Å². The van der Waals surface area contributed by atoms with Gasteiger partial charge in [-0.05, 0) is 108 Å². The highest BCUT2D eigenvalue weighted by molar-refractivity contribution is 6.00. The van der Waals surface area contributed by atoms with E-state index in [0.29, 0.717) is 11.5 Å². The molecule has 55 heavy (non-hydrogen) atoms. The van der Waals surface area contributed by atoms with Crippen molar-refractivity contribution >= 4 is 32.6 Å². The highest BCUT2D eigenvalue weighted by Crippen LogP contribution is 2.39. The van der Waals surface area contributed by atoms with Crippen molar-refractivity contribution in [1.29, 1.82) is 5.26 Å². The minimum Gasteiger partial charge on any atom is -0.436 e. The summed E-state index contributed by atoms with van der Waals surface area (Å²) in [7, 11) is 0. The molecule has 9 aromatic carbocycles. The van der Waals surface area contributed by atoms with Gasteiger partial charge in [0.1, 0.15) is 5.52 Å². The number of benzene rings is 9. The number of rotatable bonds is 6. The molecule has 256 valence electrons. The Morgan fingerprint density at radius 3 is 1.53 bits per heavy atom. The molecule has 1 heterocycles. The lowest BCUT2D eigenvalue weighted by molar-refractivity contribution is 0.620. The van der Waals surface area contributed by atoms with E-state index in [1.807, 2.05) is 42.5 Å². The number of hydrogen-bond donors (Lipinski definition) is 0. The molecule has 0 atom stereocenters. The van der Waals surface area contributed by atoms with Gasteiger partial charge in [0.2, 0.25) is 5.89 Å². The molecule has 0 aliphatic rings. The first-order valence-electron chi connectivity index (χ1n) is 18.4. The summed E-state index contributed by atoms with van der Waals surface area (Å²) in [5.74, 6) is 0.547. The maximum Gasteiger partial charge on any atom is 0.227 e. The first kappa shape index (κ1) is 32.1. The molecule has 0 saturated carbocycles. The molecule has 0 unspecified atom stereocenters. The summed E-state index contributed by atoms with van der Waals surface area (Å²) < 4.78 is 6.63. The van der Waals surface area contributed by atoms with Gasteiger partial charge in [0.25, 0.3) is 0 Å². The second-order valence-electron chi connectivity index (χ2n) is 13.9. The second kappa shape index (κ2) is 13.5. The molecule has 10 rings (SSSR count). The Kier molecular flexibility index (Phi) is 7.86. The molecule has 0 spiro atoms. The van der Waals surface area contributed by atoms with Gasteiger partial charge in [-0.1, -0.05) is 158 Å². The minimum absolute atomic E-state index is 0.547. The molecule has 0 aliphatic heterocycles. The van der Waals surface area contributed by atoms with Gasteiger partial charge in [-0.2, -0.15) is 5.26 Å². The summed E-state index contributed by atoms with van der Waals surface area (Å²) in [6, 6.07) is 70.0. The van der Waals surface area contributed by atoms with Crippen LogP contribution in [0.1, 0.15) is 5.56 Å². The minimum atomic E-state index is 0.547. The van der Waals surface area contributed by atoms with Gasteiger partial charge < -0.3 is 4.42 Å². The largest absolute Gasteiger partial charge is 0.436 e. The fourth-order valence-electron chi connectivity index (χ4n) is 7.77. The standard InChI is InChI=1S/C52H32N2O/c53-33-34-9-5-14-41(29-34)42-15-6-16-43(30-42)52-54-51-49(40-27-25-39(26-28-40)48-20-8-13-37-11-2-4-18-46(37)48)31-44(32-50(51)55-52)35-21-23-38(24-22-35)47-19-7-12-36-10-1-3-17-45(36)47/h1-32H. The van der Waals surface area contributed by atoms with Crippen LogP contribution in [0.4, 0.5) is 0 Å². The van der Waals surface area contributed by atoms with Crippen LogP contribution in [0.5, 0.6) is 0 Å². The predicted octanol–water partition coefficient (Wildman–Crippen LogP) is 14.0. The topological polar surface area (TPSA) is 49.8 Å². The third-order valence-corrected chi connectivity index (χ3v) is 10.5. The molecule has 3 heteroatoms. The Bertz CT molecular complexity index is 3080. The Balaban J connectivity index is 1.09. The highest BCUT2D eigenvalue weighted by atomic mass is 16.3. The van der Waals surface area contributed by atoms with E-state index in [9.17, 15) is 5.26 Å². The van der Waals surface area contributed by atoms with Crippen LogP contribution in [0.3, 0.4) is 0 Å². The van der Waals surface area contributed by atoms with Crippen molar-refractivity contribution in [2.24, 2.45) is 0 Å². The fourth-order valence-corrected chi connectivity index (χ4v) is 7.77. The molecule has 10 aromatic rings. The monoisotopic (exact) mass is 700 g/mol. The zero-order valence-electron chi connectivity index (χ0n) is 29.8. The van der Waals surface area contributed by atoms with E-state index in [2.05, 4.69) is 158 Å². The maximum atomic E-state index is 9.49. The van der Waals surface area contributed by atoms with E-state index >= 15 is 0 Å². The summed E-state index contributed by atoms with van der Waals surface area (Å²) in [4.78, 5) is 5.15. The molecular weight excluding hydrogens is 669 g/mol. The zero-order chi connectivity index (χ0) is 36.7. The van der Waals surface area contributed by atoms with E-state index in [1.54, 1.807) is 0 Å². The molecule has 1 aromatic heterocycles. The van der Waals surface area contributed by atoms with Crippen LogP contribution >= 0.6 is 0 Å². The molecule has 0 N–H and O–H groups in total. The van der Waals surface area contributed by atoms with E-state index in [1.165, 1.54) is 38.2 Å². The van der Waals surface area contributed by atoms with Crippen molar-refractivity contribution in [2.45, 2.75) is 0 Å². The van der Waals surface area contributed by atoms with Crippen molar-refractivity contribution in [2.75, 3.05) is 0 Å². The molecule has 0 radical (unpaired) electrons. The van der Waals surface area contributed by atoms with Crippen molar-refractivity contribution in [3.05, 3.63) is 200 Å². The Hall–Kier alpha value is -7.54. The molecule has 0 saturated heterocycles. The van der Waals surface area contributed by atoms with Gasteiger partial charge in [0.15, 0.2) is 5.58 Å². The third kappa shape index (κ3) is 5.93. The van der Waals surface area contributed by atoms with Crippen LogP contribution in [0.2, 0.25) is 0 Å². The van der Waals surface area contributed by atoms with E-state index in [0.717, 1.165) is 55.6 Å². The molecule has 0 amide bonds. The van der Waals surface area contributed by atoms with Crippen LogP contribution in [-0.2, 0) is 0 Å². The fraction of sp³-hybridized carbons (Fsp3) is 0. The summed E-state index contributed by atoms with van der Waals surface area (Å²) >= 11 is 0. The summed E-state index contributed by atoms with van der Waals surface area (Å²) in [6.45, 7) is 0. The zero-order valence-corrected chi connectivity index (χ0v) is 29.8. The molecule has 3 nitrogen and oxygen atoms in total. The number of aromatic nitrogens is 1. The molecular formula is C52H32N2O. The molecule has 0 bridgehead atoms. The Labute approximate surface area is 319 Å². The average Bonchev–Trinajstić information content (AvgIpc) is 3.71. The van der Waals surface area contributed by atoms with E-state index in [4.69, 9.17) is 9.40 Å². The van der Waals surface area contributed by atoms with Gasteiger partial charge in [0, 0.05) is 11.1 Å². The number of hydrogen-bond acceptors (Lipinski definition) is 3. The van der Waals surface area contributed by atoms with Gasteiger partial charge in [-0.3, -0.25) is 0 Å². The average molecular weight is 701 g/mol. The molecule has 0 aliphatic carbocycles. The number of oxazole rings is 1. The highest BCUT2D eigenvalue weighted by Gasteiger charge is 2.17. The van der Waals surface area contributed by atoms with Gasteiger partial charge in [-0.25, -0.2) is 4.98 Å². The van der Waals surface area contributed by atoms with E-state index in [-0.39, 0.29) is 0 Å². The first-order chi connectivity index (χ1) is 27.2. The lowest BCUT2D eigenvalue weighted by Gasteiger charge is -2.11. The third-order valence-electron chi connectivity index (χ3n) is 10.5. The van der Waals surface area contributed by atoms with E-state index < -0.39 is 0 Å². The van der Waals surface area contributed by atoms with Crippen molar-refractivity contribution < 1.29 is 4.42 Å². The van der Waals surface area contributed by atoms with Crippen LogP contribution in [0.25, 0.3) is 99.7 Å². The van der Waals surface area contributed by atoms with Gasteiger partial charge >= 0.3 is 0 Å². The summed E-state index contributed by atoms with van der Waals surface area (Å²) in [5, 5.41) is 14.4. The summed E-state index contributed by atoms with van der Waals surface area (Å²) in [6.07, 6.45) is 0. The van der Waals surface area contributed by atoms with Gasteiger partial charge in [-0.15, -0.1) is 0 Å². The SMILES string of the molecule is N#Cc1cccc(-c2cccc(-c3nc4c(-c5ccc(-c6cccc7ccccc67)cc5)cc(-c5ccc(-c6cccc7ccccc67)cc5)cc4o3)c2)c1.